The molecule has 0 saturated heterocycles. The van der Waals surface area contributed by atoms with Gasteiger partial charge in [-0.05, 0) is 62.6 Å². The maximum Gasteiger partial charge on any atom is 0.408 e. The van der Waals surface area contributed by atoms with E-state index in [2.05, 4.69) is 15.9 Å². The molecule has 0 aromatic heterocycles. The number of rotatable bonds is 8. The number of hydrogen-bond donors (Lipinski definition) is 1. The number of ketones is 1. The van der Waals surface area contributed by atoms with Crippen LogP contribution in [0.5, 0.6) is 5.75 Å². The lowest BCUT2D eigenvalue weighted by Crippen LogP contribution is -2.50. The van der Waals surface area contributed by atoms with Crippen molar-refractivity contribution in [2.75, 3.05) is 7.11 Å². The minimum Gasteiger partial charge on any atom is -0.497 e. The molecule has 0 heterocycles. The molecule has 6 heteroatoms. The summed E-state index contributed by atoms with van der Waals surface area (Å²) < 4.78 is 6.22. The average molecular weight is 476 g/mol. The van der Waals surface area contributed by atoms with E-state index >= 15 is 0 Å². The Balaban J connectivity index is 2.32. The van der Waals surface area contributed by atoms with Crippen molar-refractivity contribution in [3.8, 4) is 5.75 Å². The van der Waals surface area contributed by atoms with Gasteiger partial charge in [0.25, 0.3) is 0 Å². The zero-order valence-corrected chi connectivity index (χ0v) is 19.8. The molecule has 0 aliphatic rings. The molecule has 2 aromatic carbocycles. The summed E-state index contributed by atoms with van der Waals surface area (Å²) >= 11 is 3.41. The lowest BCUT2D eigenvalue weighted by atomic mass is 9.85. The summed E-state index contributed by atoms with van der Waals surface area (Å²) in [5.41, 5.74) is 1.18. The Kier molecular flexibility index (Phi) is 8.07. The highest BCUT2D eigenvalue weighted by atomic mass is 79.9. The van der Waals surface area contributed by atoms with Crippen molar-refractivity contribution >= 4 is 27.8 Å². The van der Waals surface area contributed by atoms with E-state index in [0.29, 0.717) is 18.6 Å². The standard InChI is InChI=1S/C24H30BrNO4/c1-16(21(27)15-8-17-6-11-19(25)12-7-17)22(26(23(28)29)24(2,3)4)18-9-13-20(30-5)14-10-18/h6-7,9-14,16,22H,8,15H2,1-5H3,(H,28,29). The number of ether oxygens (including phenoxy) is 1. The molecule has 162 valence electrons. The van der Waals surface area contributed by atoms with Crippen LogP contribution in [0.15, 0.2) is 53.0 Å². The van der Waals surface area contributed by atoms with Gasteiger partial charge in [0.05, 0.1) is 13.2 Å². The number of Topliss-reactive ketones (excluding diaryl/α,β-unsaturated/α-hetero) is 1. The summed E-state index contributed by atoms with van der Waals surface area (Å²) in [6.07, 6.45) is -0.0718. The van der Waals surface area contributed by atoms with Crippen LogP contribution in [0.25, 0.3) is 0 Å². The molecule has 2 unspecified atom stereocenters. The summed E-state index contributed by atoms with van der Waals surface area (Å²) in [6, 6.07) is 14.6. The first-order chi connectivity index (χ1) is 14.0. The Hall–Kier alpha value is -2.34. The molecule has 30 heavy (non-hydrogen) atoms. The van der Waals surface area contributed by atoms with Gasteiger partial charge in [-0.2, -0.15) is 0 Å². The van der Waals surface area contributed by atoms with Crippen molar-refractivity contribution in [3.63, 3.8) is 0 Å². The number of nitrogens with zero attached hydrogens (tertiary/aromatic N) is 1. The highest BCUT2D eigenvalue weighted by Gasteiger charge is 2.39. The molecule has 0 aliphatic heterocycles. The first-order valence-electron chi connectivity index (χ1n) is 9.98. The maximum absolute atomic E-state index is 13.1. The third kappa shape index (κ3) is 6.08. The second kappa shape index (κ2) is 10.1. The van der Waals surface area contributed by atoms with E-state index in [4.69, 9.17) is 4.74 Å². The molecule has 0 spiro atoms. The predicted molar refractivity (Wildman–Crippen MR) is 122 cm³/mol. The number of aryl methyl sites for hydroxylation is 1. The van der Waals surface area contributed by atoms with Crippen LogP contribution in [0.1, 0.15) is 51.3 Å². The van der Waals surface area contributed by atoms with Crippen molar-refractivity contribution in [3.05, 3.63) is 64.1 Å². The molecule has 2 atom stereocenters. The van der Waals surface area contributed by atoms with Crippen LogP contribution in [0, 0.1) is 5.92 Å². The molecule has 2 aromatic rings. The zero-order valence-electron chi connectivity index (χ0n) is 18.2. The van der Waals surface area contributed by atoms with Gasteiger partial charge in [-0.25, -0.2) is 4.79 Å². The molecule has 1 N–H and O–H groups in total. The second-order valence-electron chi connectivity index (χ2n) is 8.42. The lowest BCUT2D eigenvalue weighted by Gasteiger charge is -2.42. The van der Waals surface area contributed by atoms with Crippen molar-refractivity contribution < 1.29 is 19.4 Å². The van der Waals surface area contributed by atoms with E-state index in [0.717, 1.165) is 15.6 Å². The maximum atomic E-state index is 13.1. The summed E-state index contributed by atoms with van der Waals surface area (Å²) in [5, 5.41) is 9.99. The molecule has 0 saturated carbocycles. The molecule has 2 rings (SSSR count). The monoisotopic (exact) mass is 475 g/mol. The number of methoxy groups -OCH3 is 1. The van der Waals surface area contributed by atoms with Crippen molar-refractivity contribution in [2.24, 2.45) is 5.92 Å². The summed E-state index contributed by atoms with van der Waals surface area (Å²) in [5.74, 6) is 0.225. The molecule has 5 nitrogen and oxygen atoms in total. The Morgan fingerprint density at radius 2 is 1.63 bits per heavy atom. The van der Waals surface area contributed by atoms with Crippen LogP contribution in [0.4, 0.5) is 4.79 Å². The fraction of sp³-hybridized carbons (Fsp3) is 0.417. The molecule has 0 fully saturated rings. The summed E-state index contributed by atoms with van der Waals surface area (Å²) in [4.78, 5) is 26.7. The minimum absolute atomic E-state index is 0.0363. The number of carboxylic acid groups (broad SMARTS) is 1. The van der Waals surface area contributed by atoms with Gasteiger partial charge < -0.3 is 9.84 Å². The third-order valence-corrected chi connectivity index (χ3v) is 5.75. The van der Waals surface area contributed by atoms with Gasteiger partial charge in [-0.15, -0.1) is 0 Å². The SMILES string of the molecule is COc1ccc(C(C(C)C(=O)CCc2ccc(Br)cc2)N(C(=O)O)C(C)(C)C)cc1. The normalized spacial score (nSPS) is 13.4. The Labute approximate surface area is 187 Å². The summed E-state index contributed by atoms with van der Waals surface area (Å²) in [6.45, 7) is 7.35. The van der Waals surface area contributed by atoms with Crippen molar-refractivity contribution in [1.29, 1.82) is 0 Å². The van der Waals surface area contributed by atoms with E-state index < -0.39 is 23.6 Å². The number of benzene rings is 2. The van der Waals surface area contributed by atoms with E-state index in [1.54, 1.807) is 19.2 Å². The lowest BCUT2D eigenvalue weighted by molar-refractivity contribution is -0.124. The van der Waals surface area contributed by atoms with E-state index in [-0.39, 0.29) is 5.78 Å². The van der Waals surface area contributed by atoms with Crippen LogP contribution in [0.2, 0.25) is 0 Å². The van der Waals surface area contributed by atoms with E-state index in [9.17, 15) is 14.7 Å². The predicted octanol–water partition coefficient (Wildman–Crippen LogP) is 6.12. The van der Waals surface area contributed by atoms with E-state index in [1.165, 1.54) is 4.90 Å². The molecule has 0 bridgehead atoms. The first-order valence-corrected chi connectivity index (χ1v) is 10.8. The number of hydrogen-bond acceptors (Lipinski definition) is 3. The molecule has 0 radical (unpaired) electrons. The van der Waals surface area contributed by atoms with Crippen molar-refractivity contribution in [1.82, 2.24) is 4.90 Å². The molecule has 0 aliphatic carbocycles. The van der Waals surface area contributed by atoms with Gasteiger partial charge >= 0.3 is 6.09 Å². The van der Waals surface area contributed by atoms with Crippen molar-refractivity contribution in [2.45, 2.75) is 52.1 Å². The van der Waals surface area contributed by atoms with Crippen LogP contribution in [-0.4, -0.2) is 34.5 Å². The van der Waals surface area contributed by atoms with Crippen LogP contribution < -0.4 is 4.74 Å². The highest BCUT2D eigenvalue weighted by molar-refractivity contribution is 9.10. The van der Waals surface area contributed by atoms with Gasteiger partial charge in [-0.3, -0.25) is 9.69 Å². The minimum atomic E-state index is -1.05. The molecular weight excluding hydrogens is 446 g/mol. The van der Waals surface area contributed by atoms with Gasteiger partial charge in [0, 0.05) is 22.4 Å². The fourth-order valence-corrected chi connectivity index (χ4v) is 3.87. The first kappa shape index (κ1) is 23.9. The van der Waals surface area contributed by atoms with E-state index in [1.807, 2.05) is 64.1 Å². The second-order valence-corrected chi connectivity index (χ2v) is 9.34. The molecular formula is C24H30BrNO4. The van der Waals surface area contributed by atoms with Crippen LogP contribution in [-0.2, 0) is 11.2 Å². The molecule has 1 amide bonds. The Morgan fingerprint density at radius 3 is 2.10 bits per heavy atom. The zero-order chi connectivity index (χ0) is 22.5. The van der Waals surface area contributed by atoms with Gasteiger partial charge in [-0.1, -0.05) is 47.1 Å². The smallest absolute Gasteiger partial charge is 0.408 e. The fourth-order valence-electron chi connectivity index (χ4n) is 3.61. The average Bonchev–Trinajstić information content (AvgIpc) is 2.69. The highest BCUT2D eigenvalue weighted by Crippen LogP contribution is 2.36. The topological polar surface area (TPSA) is 66.8 Å². The largest absolute Gasteiger partial charge is 0.497 e. The Morgan fingerprint density at radius 1 is 1.07 bits per heavy atom. The number of carbonyl (C=O) groups is 2. The van der Waals surface area contributed by atoms with Gasteiger partial charge in [0.15, 0.2) is 0 Å². The number of amides is 1. The summed E-state index contributed by atoms with van der Waals surface area (Å²) in [7, 11) is 1.58. The van der Waals surface area contributed by atoms with Crippen LogP contribution >= 0.6 is 15.9 Å². The number of halogens is 1. The van der Waals surface area contributed by atoms with Crippen LogP contribution in [0.3, 0.4) is 0 Å². The number of carbonyl (C=O) groups excluding carboxylic acids is 1. The Bertz CT molecular complexity index is 856. The van der Waals surface area contributed by atoms with Gasteiger partial charge in [0.1, 0.15) is 11.5 Å². The van der Waals surface area contributed by atoms with Gasteiger partial charge in [0.2, 0.25) is 0 Å². The third-order valence-electron chi connectivity index (χ3n) is 5.22. The quantitative estimate of drug-likeness (QED) is 0.499.